The van der Waals surface area contributed by atoms with Crippen molar-refractivity contribution in [3.05, 3.63) is 0 Å². The summed E-state index contributed by atoms with van der Waals surface area (Å²) in [5.74, 6) is 1.41. The van der Waals surface area contributed by atoms with Gasteiger partial charge in [0.05, 0.1) is 6.04 Å². The van der Waals surface area contributed by atoms with Crippen LogP contribution >= 0.6 is 0 Å². The zero-order valence-electron chi connectivity index (χ0n) is 10.4. The molecule has 1 atom stereocenters. The molecule has 0 aromatic rings. The molecular formula is C12H25N3. The third-order valence-corrected chi connectivity index (χ3v) is 3.31. The molecule has 0 bridgehead atoms. The summed E-state index contributed by atoms with van der Waals surface area (Å²) in [7, 11) is 2.04. The van der Waals surface area contributed by atoms with E-state index in [-0.39, 0.29) is 0 Å². The number of rotatable bonds is 4. The van der Waals surface area contributed by atoms with Crippen molar-refractivity contribution in [3.63, 3.8) is 0 Å². The maximum Gasteiger partial charge on any atom is 0.191 e. The molecule has 0 amide bonds. The first-order valence-corrected chi connectivity index (χ1v) is 6.17. The van der Waals surface area contributed by atoms with Crippen molar-refractivity contribution in [1.29, 1.82) is 0 Å². The first-order chi connectivity index (χ1) is 7.13. The number of guanidine groups is 1. The Hall–Kier alpha value is -0.730. The van der Waals surface area contributed by atoms with Gasteiger partial charge in [0.2, 0.25) is 0 Å². The molecule has 1 rings (SSSR count). The molecular weight excluding hydrogens is 186 g/mol. The van der Waals surface area contributed by atoms with Crippen LogP contribution in [0.15, 0.2) is 4.99 Å². The summed E-state index contributed by atoms with van der Waals surface area (Å²) in [4.78, 5) is 6.67. The predicted octanol–water partition coefficient (Wildman–Crippen LogP) is 2.22. The van der Waals surface area contributed by atoms with Crippen molar-refractivity contribution in [1.82, 2.24) is 4.90 Å². The number of aliphatic imine (C=N–C) groups is 1. The van der Waals surface area contributed by atoms with Gasteiger partial charge in [-0.3, -0.25) is 0 Å². The van der Waals surface area contributed by atoms with Crippen LogP contribution in [0.4, 0.5) is 0 Å². The van der Waals surface area contributed by atoms with Gasteiger partial charge in [-0.25, -0.2) is 4.99 Å². The van der Waals surface area contributed by atoms with Crippen molar-refractivity contribution in [2.75, 3.05) is 13.6 Å². The highest BCUT2D eigenvalue weighted by atomic mass is 15.2. The van der Waals surface area contributed by atoms with E-state index in [1.807, 2.05) is 7.05 Å². The smallest absolute Gasteiger partial charge is 0.191 e. The molecule has 1 aliphatic rings. The topological polar surface area (TPSA) is 41.6 Å². The summed E-state index contributed by atoms with van der Waals surface area (Å²) in [5.41, 5.74) is 5.98. The SMILES string of the molecule is CCC(C)CN(C)C(N)=NC1CCCC1. The molecule has 0 aliphatic heterocycles. The van der Waals surface area contributed by atoms with Crippen molar-refractivity contribution in [2.24, 2.45) is 16.6 Å². The lowest BCUT2D eigenvalue weighted by molar-refractivity contribution is 0.390. The molecule has 3 heteroatoms. The Morgan fingerprint density at radius 1 is 1.47 bits per heavy atom. The lowest BCUT2D eigenvalue weighted by Crippen LogP contribution is -2.37. The van der Waals surface area contributed by atoms with Crippen LogP contribution in [0.5, 0.6) is 0 Å². The molecule has 88 valence electrons. The zero-order valence-corrected chi connectivity index (χ0v) is 10.4. The van der Waals surface area contributed by atoms with E-state index < -0.39 is 0 Å². The molecule has 1 saturated carbocycles. The van der Waals surface area contributed by atoms with Gasteiger partial charge < -0.3 is 10.6 Å². The van der Waals surface area contributed by atoms with Gasteiger partial charge in [0.25, 0.3) is 0 Å². The van der Waals surface area contributed by atoms with E-state index in [1.165, 1.54) is 32.1 Å². The van der Waals surface area contributed by atoms with Gasteiger partial charge in [0.1, 0.15) is 0 Å². The minimum Gasteiger partial charge on any atom is -0.370 e. The van der Waals surface area contributed by atoms with E-state index in [2.05, 4.69) is 23.7 Å². The number of hydrogen-bond acceptors (Lipinski definition) is 1. The number of nitrogens with two attached hydrogens (primary N) is 1. The molecule has 1 fully saturated rings. The Morgan fingerprint density at radius 2 is 2.07 bits per heavy atom. The predicted molar refractivity (Wildman–Crippen MR) is 66.0 cm³/mol. The summed E-state index contributed by atoms with van der Waals surface area (Å²) in [5, 5.41) is 0. The van der Waals surface area contributed by atoms with Crippen LogP contribution in [0.2, 0.25) is 0 Å². The van der Waals surface area contributed by atoms with Crippen LogP contribution in [0.1, 0.15) is 46.0 Å². The largest absolute Gasteiger partial charge is 0.370 e. The highest BCUT2D eigenvalue weighted by molar-refractivity contribution is 5.78. The van der Waals surface area contributed by atoms with Crippen LogP contribution in [0.25, 0.3) is 0 Å². The van der Waals surface area contributed by atoms with Crippen LogP contribution in [0.3, 0.4) is 0 Å². The molecule has 0 aromatic heterocycles. The van der Waals surface area contributed by atoms with Crippen molar-refractivity contribution >= 4 is 5.96 Å². The molecule has 1 aliphatic carbocycles. The van der Waals surface area contributed by atoms with Gasteiger partial charge in [-0.2, -0.15) is 0 Å². The molecule has 0 radical (unpaired) electrons. The van der Waals surface area contributed by atoms with Crippen molar-refractivity contribution in [3.8, 4) is 0 Å². The average Bonchev–Trinajstić information content (AvgIpc) is 2.70. The van der Waals surface area contributed by atoms with E-state index in [9.17, 15) is 0 Å². The fraction of sp³-hybridized carbons (Fsp3) is 0.917. The Bertz CT molecular complexity index is 207. The summed E-state index contributed by atoms with van der Waals surface area (Å²) in [6.45, 7) is 5.47. The summed E-state index contributed by atoms with van der Waals surface area (Å²) < 4.78 is 0. The molecule has 0 heterocycles. The second-order valence-corrected chi connectivity index (χ2v) is 4.82. The van der Waals surface area contributed by atoms with E-state index >= 15 is 0 Å². The van der Waals surface area contributed by atoms with Gasteiger partial charge in [-0.1, -0.05) is 33.1 Å². The molecule has 15 heavy (non-hydrogen) atoms. The summed E-state index contributed by atoms with van der Waals surface area (Å²) in [6.07, 6.45) is 6.27. The fourth-order valence-electron chi connectivity index (χ4n) is 2.01. The van der Waals surface area contributed by atoms with Crippen molar-refractivity contribution < 1.29 is 0 Å². The van der Waals surface area contributed by atoms with Crippen LogP contribution in [-0.2, 0) is 0 Å². The maximum absolute atomic E-state index is 5.98. The first-order valence-electron chi connectivity index (χ1n) is 6.17. The monoisotopic (exact) mass is 211 g/mol. The van der Waals surface area contributed by atoms with Gasteiger partial charge in [-0.15, -0.1) is 0 Å². The molecule has 0 saturated heterocycles. The third-order valence-electron chi connectivity index (χ3n) is 3.31. The van der Waals surface area contributed by atoms with Gasteiger partial charge >= 0.3 is 0 Å². The van der Waals surface area contributed by atoms with E-state index in [1.54, 1.807) is 0 Å². The average molecular weight is 211 g/mol. The van der Waals surface area contributed by atoms with Crippen LogP contribution < -0.4 is 5.73 Å². The second-order valence-electron chi connectivity index (χ2n) is 4.82. The normalized spacial score (nSPS) is 20.6. The Labute approximate surface area is 93.7 Å². The molecule has 1 unspecified atom stereocenters. The Kier molecular flexibility index (Phi) is 4.92. The molecule has 3 nitrogen and oxygen atoms in total. The second kappa shape index (κ2) is 5.99. The van der Waals surface area contributed by atoms with Crippen LogP contribution in [-0.4, -0.2) is 30.5 Å². The number of nitrogens with zero attached hydrogens (tertiary/aromatic N) is 2. The van der Waals surface area contributed by atoms with E-state index in [0.717, 1.165) is 12.5 Å². The van der Waals surface area contributed by atoms with Crippen molar-refractivity contribution in [2.45, 2.75) is 52.0 Å². The molecule has 0 spiro atoms. The van der Waals surface area contributed by atoms with Gasteiger partial charge in [0, 0.05) is 13.6 Å². The minimum atomic E-state index is 0.490. The highest BCUT2D eigenvalue weighted by Crippen LogP contribution is 2.20. The quantitative estimate of drug-likeness (QED) is 0.572. The maximum atomic E-state index is 5.98. The lowest BCUT2D eigenvalue weighted by Gasteiger charge is -2.22. The third kappa shape index (κ3) is 4.10. The Balaban J connectivity index is 2.39. The first kappa shape index (κ1) is 12.3. The molecule has 0 aromatic carbocycles. The van der Waals surface area contributed by atoms with Crippen LogP contribution in [0, 0.1) is 5.92 Å². The lowest BCUT2D eigenvalue weighted by atomic mass is 10.1. The van der Waals surface area contributed by atoms with E-state index in [4.69, 9.17) is 5.73 Å². The highest BCUT2D eigenvalue weighted by Gasteiger charge is 2.15. The zero-order chi connectivity index (χ0) is 11.3. The minimum absolute atomic E-state index is 0.490. The Morgan fingerprint density at radius 3 is 2.60 bits per heavy atom. The number of hydrogen-bond donors (Lipinski definition) is 1. The standard InChI is InChI=1S/C12H25N3/c1-4-10(2)9-15(3)12(13)14-11-7-5-6-8-11/h10-11H,4-9H2,1-3H3,(H2,13,14). The van der Waals surface area contributed by atoms with Gasteiger partial charge in [-0.05, 0) is 18.8 Å². The molecule has 2 N–H and O–H groups in total. The summed E-state index contributed by atoms with van der Waals surface area (Å²) in [6, 6.07) is 0.490. The fourth-order valence-corrected chi connectivity index (χ4v) is 2.01. The van der Waals surface area contributed by atoms with Gasteiger partial charge in [0.15, 0.2) is 5.96 Å². The van der Waals surface area contributed by atoms with E-state index in [0.29, 0.717) is 12.0 Å². The summed E-state index contributed by atoms with van der Waals surface area (Å²) >= 11 is 0.